The average Bonchev–Trinajstić information content (AvgIpc) is 2.32. The second-order valence-electron chi connectivity index (χ2n) is 5.28. The van der Waals surface area contributed by atoms with Crippen LogP contribution in [0.25, 0.3) is 0 Å². The maximum absolute atomic E-state index is 11.6. The molecule has 0 fully saturated rings. The van der Waals surface area contributed by atoms with Gasteiger partial charge in [0.1, 0.15) is 0 Å². The molecule has 7 nitrogen and oxygen atoms in total. The molecule has 0 rings (SSSR count). The molecule has 0 heterocycles. The first-order chi connectivity index (χ1) is 9.20. The van der Waals surface area contributed by atoms with Crippen LogP contribution in [0.2, 0.25) is 0 Å². The van der Waals surface area contributed by atoms with Crippen molar-refractivity contribution < 1.29 is 19.8 Å². The zero-order valence-corrected chi connectivity index (χ0v) is 12.8. The van der Waals surface area contributed by atoms with Crippen LogP contribution in [0.4, 0.5) is 4.79 Å². The molecule has 118 valence electrons. The second-order valence-corrected chi connectivity index (χ2v) is 5.28. The number of urea groups is 1. The summed E-state index contributed by atoms with van der Waals surface area (Å²) < 4.78 is 0. The molecule has 0 aromatic heterocycles. The second kappa shape index (κ2) is 8.76. The number of rotatable bonds is 9. The summed E-state index contributed by atoms with van der Waals surface area (Å²) in [6, 6.07) is -0.436. The molecule has 20 heavy (non-hydrogen) atoms. The lowest BCUT2D eigenvalue weighted by molar-refractivity contribution is -0.141. The number of hydrogen-bond acceptors (Lipinski definition) is 4. The largest absolute Gasteiger partial charge is 0.481 e. The third-order valence-corrected chi connectivity index (χ3v) is 2.97. The SMILES string of the molecule is CCN(CC)CC(C)NC(=O)NCC(C)(O)CC(=O)O. The van der Waals surface area contributed by atoms with E-state index in [1.54, 1.807) is 0 Å². The van der Waals surface area contributed by atoms with E-state index in [2.05, 4.69) is 29.4 Å². The van der Waals surface area contributed by atoms with Gasteiger partial charge in [0, 0.05) is 19.1 Å². The van der Waals surface area contributed by atoms with Crippen molar-refractivity contribution in [3.05, 3.63) is 0 Å². The van der Waals surface area contributed by atoms with Crippen LogP contribution in [0.3, 0.4) is 0 Å². The maximum Gasteiger partial charge on any atom is 0.315 e. The number of hydrogen-bond donors (Lipinski definition) is 4. The molecule has 0 aliphatic carbocycles. The number of carbonyl (C=O) groups is 2. The summed E-state index contributed by atoms with van der Waals surface area (Å²) in [6.07, 6.45) is -0.414. The predicted molar refractivity (Wildman–Crippen MR) is 76.7 cm³/mol. The van der Waals surface area contributed by atoms with Gasteiger partial charge in [0.2, 0.25) is 0 Å². The third kappa shape index (κ3) is 8.71. The van der Waals surface area contributed by atoms with Gasteiger partial charge in [-0.2, -0.15) is 0 Å². The van der Waals surface area contributed by atoms with Crippen molar-refractivity contribution in [2.45, 2.75) is 45.8 Å². The van der Waals surface area contributed by atoms with E-state index in [1.807, 2.05) is 6.92 Å². The lowest BCUT2D eigenvalue weighted by Gasteiger charge is -2.25. The molecule has 0 spiro atoms. The van der Waals surface area contributed by atoms with Crippen LogP contribution < -0.4 is 10.6 Å². The highest BCUT2D eigenvalue weighted by atomic mass is 16.4. The number of aliphatic hydroxyl groups is 1. The predicted octanol–water partition coefficient (Wildman–Crippen LogP) is 0.242. The van der Waals surface area contributed by atoms with Crippen molar-refractivity contribution in [2.75, 3.05) is 26.2 Å². The summed E-state index contributed by atoms with van der Waals surface area (Å²) in [4.78, 5) is 24.4. The van der Waals surface area contributed by atoms with Gasteiger partial charge in [-0.3, -0.25) is 4.79 Å². The molecule has 0 radical (unpaired) electrons. The summed E-state index contributed by atoms with van der Waals surface area (Å²) in [6.45, 7) is 9.84. The van der Waals surface area contributed by atoms with Gasteiger partial charge in [-0.1, -0.05) is 13.8 Å². The third-order valence-electron chi connectivity index (χ3n) is 2.97. The van der Waals surface area contributed by atoms with Crippen molar-refractivity contribution in [1.82, 2.24) is 15.5 Å². The number of aliphatic carboxylic acids is 1. The molecule has 2 amide bonds. The Balaban J connectivity index is 4.07. The van der Waals surface area contributed by atoms with E-state index in [1.165, 1.54) is 6.92 Å². The molecule has 0 bridgehead atoms. The van der Waals surface area contributed by atoms with Crippen LogP contribution in [0.5, 0.6) is 0 Å². The van der Waals surface area contributed by atoms with Crippen LogP contribution in [0.1, 0.15) is 34.1 Å². The number of carboxylic acids is 1. The Kier molecular flexibility index (Phi) is 8.17. The average molecular weight is 289 g/mol. The summed E-state index contributed by atoms with van der Waals surface area (Å²) in [5, 5.41) is 23.6. The molecular formula is C13H27N3O4. The Labute approximate surface area is 120 Å². The van der Waals surface area contributed by atoms with E-state index in [0.29, 0.717) is 0 Å². The summed E-state index contributed by atoms with van der Waals surface area (Å²) in [5.41, 5.74) is -1.45. The molecule has 0 saturated carbocycles. The Morgan fingerprint density at radius 2 is 1.85 bits per heavy atom. The number of amides is 2. The zero-order valence-electron chi connectivity index (χ0n) is 12.8. The topological polar surface area (TPSA) is 102 Å². The molecular weight excluding hydrogens is 262 g/mol. The van der Waals surface area contributed by atoms with Gasteiger partial charge in [0.15, 0.2) is 0 Å². The molecule has 0 saturated heterocycles. The van der Waals surface area contributed by atoms with E-state index in [0.717, 1.165) is 19.6 Å². The van der Waals surface area contributed by atoms with E-state index in [9.17, 15) is 14.7 Å². The standard InChI is InChI=1S/C13H27N3O4/c1-5-16(6-2)8-10(3)15-12(19)14-9-13(4,20)7-11(17)18/h10,20H,5-9H2,1-4H3,(H,17,18)(H2,14,15,19). The van der Waals surface area contributed by atoms with Crippen molar-refractivity contribution in [2.24, 2.45) is 0 Å². The number of likely N-dealkylation sites (N-methyl/N-ethyl adjacent to an activating group) is 1. The normalized spacial score (nSPS) is 15.5. The molecule has 0 aliphatic rings. The molecule has 2 unspecified atom stereocenters. The monoisotopic (exact) mass is 289 g/mol. The minimum atomic E-state index is -1.45. The van der Waals surface area contributed by atoms with Crippen LogP contribution in [-0.4, -0.2) is 64.9 Å². The van der Waals surface area contributed by atoms with Crippen molar-refractivity contribution in [3.63, 3.8) is 0 Å². The molecule has 7 heteroatoms. The van der Waals surface area contributed by atoms with E-state index < -0.39 is 24.0 Å². The summed E-state index contributed by atoms with van der Waals surface area (Å²) in [5.74, 6) is -1.10. The van der Waals surface area contributed by atoms with Crippen LogP contribution in [-0.2, 0) is 4.79 Å². The van der Waals surface area contributed by atoms with Gasteiger partial charge >= 0.3 is 12.0 Å². The Bertz CT molecular complexity index is 317. The highest BCUT2D eigenvalue weighted by Gasteiger charge is 2.25. The highest BCUT2D eigenvalue weighted by Crippen LogP contribution is 2.07. The summed E-state index contributed by atoms with van der Waals surface area (Å²) in [7, 11) is 0. The van der Waals surface area contributed by atoms with Gasteiger partial charge in [0.05, 0.1) is 12.0 Å². The first-order valence-corrected chi connectivity index (χ1v) is 6.91. The van der Waals surface area contributed by atoms with E-state index in [4.69, 9.17) is 5.11 Å². The van der Waals surface area contributed by atoms with Crippen molar-refractivity contribution in [3.8, 4) is 0 Å². The van der Waals surface area contributed by atoms with Gasteiger partial charge in [-0.15, -0.1) is 0 Å². The maximum atomic E-state index is 11.6. The zero-order chi connectivity index (χ0) is 15.8. The summed E-state index contributed by atoms with van der Waals surface area (Å²) >= 11 is 0. The van der Waals surface area contributed by atoms with Gasteiger partial charge in [0.25, 0.3) is 0 Å². The molecule has 0 aromatic rings. The van der Waals surface area contributed by atoms with Crippen LogP contribution >= 0.6 is 0 Å². The van der Waals surface area contributed by atoms with E-state index >= 15 is 0 Å². The quantitative estimate of drug-likeness (QED) is 0.487. The lowest BCUT2D eigenvalue weighted by atomic mass is 10.0. The first kappa shape index (κ1) is 18.7. The van der Waals surface area contributed by atoms with Gasteiger partial charge < -0.3 is 25.7 Å². The lowest BCUT2D eigenvalue weighted by Crippen LogP contribution is -2.50. The number of nitrogens with zero attached hydrogens (tertiary/aromatic N) is 1. The Hall–Kier alpha value is -1.34. The number of carboxylic acid groups (broad SMARTS) is 1. The number of carbonyl (C=O) groups excluding carboxylic acids is 1. The Morgan fingerprint density at radius 1 is 1.30 bits per heavy atom. The van der Waals surface area contributed by atoms with Crippen molar-refractivity contribution in [1.29, 1.82) is 0 Å². The minimum Gasteiger partial charge on any atom is -0.481 e. The fourth-order valence-corrected chi connectivity index (χ4v) is 1.85. The fraction of sp³-hybridized carbons (Fsp3) is 0.846. The van der Waals surface area contributed by atoms with Crippen molar-refractivity contribution >= 4 is 12.0 Å². The van der Waals surface area contributed by atoms with E-state index in [-0.39, 0.29) is 12.6 Å². The fourth-order valence-electron chi connectivity index (χ4n) is 1.85. The molecule has 0 aliphatic heterocycles. The van der Waals surface area contributed by atoms with Crippen LogP contribution in [0.15, 0.2) is 0 Å². The molecule has 2 atom stereocenters. The first-order valence-electron chi connectivity index (χ1n) is 6.91. The number of nitrogens with one attached hydrogen (secondary N) is 2. The smallest absolute Gasteiger partial charge is 0.315 e. The Morgan fingerprint density at radius 3 is 2.30 bits per heavy atom. The molecule has 0 aromatic carbocycles. The molecule has 4 N–H and O–H groups in total. The van der Waals surface area contributed by atoms with Gasteiger partial charge in [-0.05, 0) is 26.9 Å². The van der Waals surface area contributed by atoms with Crippen LogP contribution in [0, 0.1) is 0 Å². The highest BCUT2D eigenvalue weighted by molar-refractivity contribution is 5.74. The van der Waals surface area contributed by atoms with Gasteiger partial charge in [-0.25, -0.2) is 4.79 Å². The minimum absolute atomic E-state index is 0.0284.